The van der Waals surface area contributed by atoms with Crippen LogP contribution in [0.25, 0.3) is 11.0 Å². The molecular weight excluding hydrogens is 498 g/mol. The lowest BCUT2D eigenvalue weighted by Crippen LogP contribution is -2.29. The van der Waals surface area contributed by atoms with Crippen LogP contribution in [0.1, 0.15) is 44.4 Å². The van der Waals surface area contributed by atoms with E-state index in [1.54, 1.807) is 23.1 Å². The first-order valence-corrected chi connectivity index (χ1v) is 12.8. The molecule has 0 saturated carbocycles. The zero-order chi connectivity index (χ0) is 26.2. The number of fused-ring (bicyclic) bond motifs is 2. The van der Waals surface area contributed by atoms with Gasteiger partial charge in [0.15, 0.2) is 5.43 Å². The summed E-state index contributed by atoms with van der Waals surface area (Å²) in [7, 11) is 0. The van der Waals surface area contributed by atoms with Gasteiger partial charge < -0.3 is 14.1 Å². The Morgan fingerprint density at radius 2 is 1.61 bits per heavy atom. The van der Waals surface area contributed by atoms with E-state index in [0.717, 1.165) is 22.3 Å². The molecule has 0 aliphatic carbocycles. The monoisotopic (exact) mass is 521 g/mol. The van der Waals surface area contributed by atoms with Gasteiger partial charge in [-0.3, -0.25) is 9.59 Å². The minimum atomic E-state index is -0.610. The molecule has 1 unspecified atom stereocenters. The van der Waals surface area contributed by atoms with E-state index in [2.05, 4.69) is 0 Å². The fourth-order valence-electron chi connectivity index (χ4n) is 4.88. The SMILES string of the molecule is Cc1ccc(CN2C(=O)c3oc4ccc(Cl)cc4c(=O)c3C2c2ccc(OCc3ccccc3)cc2)cc1. The highest BCUT2D eigenvalue weighted by molar-refractivity contribution is 6.31. The Hall–Kier alpha value is -4.35. The molecule has 1 aromatic heterocycles. The molecule has 0 saturated heterocycles. The zero-order valence-corrected chi connectivity index (χ0v) is 21.4. The molecule has 6 heteroatoms. The van der Waals surface area contributed by atoms with Crippen molar-refractivity contribution in [2.45, 2.75) is 26.1 Å². The molecule has 1 aliphatic rings. The molecule has 0 spiro atoms. The van der Waals surface area contributed by atoms with Crippen LogP contribution in [0.5, 0.6) is 5.75 Å². The Kier molecular flexibility index (Phi) is 6.22. The third-order valence-electron chi connectivity index (χ3n) is 6.85. The first kappa shape index (κ1) is 24.0. The number of amides is 1. The summed E-state index contributed by atoms with van der Waals surface area (Å²) in [5.41, 5.74) is 4.38. The van der Waals surface area contributed by atoms with E-state index in [1.165, 1.54) is 0 Å². The first-order chi connectivity index (χ1) is 18.5. The summed E-state index contributed by atoms with van der Waals surface area (Å²) >= 11 is 6.19. The number of ether oxygens (including phenoxy) is 1. The van der Waals surface area contributed by atoms with Gasteiger partial charge in [0.25, 0.3) is 5.91 Å². The molecule has 6 rings (SSSR count). The number of carbonyl (C=O) groups excluding carboxylic acids is 1. The normalized spacial score (nSPS) is 14.6. The van der Waals surface area contributed by atoms with Crippen molar-refractivity contribution < 1.29 is 13.9 Å². The van der Waals surface area contributed by atoms with Gasteiger partial charge in [-0.15, -0.1) is 0 Å². The van der Waals surface area contributed by atoms with Gasteiger partial charge in [0, 0.05) is 11.6 Å². The molecule has 0 radical (unpaired) electrons. The average molecular weight is 522 g/mol. The van der Waals surface area contributed by atoms with Gasteiger partial charge >= 0.3 is 0 Å². The lowest BCUT2D eigenvalue weighted by molar-refractivity contribution is 0.0714. The van der Waals surface area contributed by atoms with E-state index >= 15 is 0 Å². The van der Waals surface area contributed by atoms with E-state index in [1.807, 2.05) is 85.8 Å². The molecule has 1 amide bonds. The van der Waals surface area contributed by atoms with Gasteiger partial charge in [-0.25, -0.2) is 0 Å². The maximum Gasteiger partial charge on any atom is 0.291 e. The van der Waals surface area contributed by atoms with Crippen molar-refractivity contribution in [1.29, 1.82) is 0 Å². The highest BCUT2D eigenvalue weighted by Crippen LogP contribution is 2.39. The molecule has 1 aliphatic heterocycles. The van der Waals surface area contributed by atoms with Crippen LogP contribution < -0.4 is 10.2 Å². The molecule has 0 bridgehead atoms. The predicted octanol–water partition coefficient (Wildman–Crippen LogP) is 7.08. The van der Waals surface area contributed by atoms with E-state index in [-0.39, 0.29) is 17.1 Å². The first-order valence-electron chi connectivity index (χ1n) is 12.4. The van der Waals surface area contributed by atoms with Gasteiger partial charge in [0.2, 0.25) is 5.76 Å². The van der Waals surface area contributed by atoms with Gasteiger partial charge in [-0.1, -0.05) is 83.9 Å². The van der Waals surface area contributed by atoms with E-state index < -0.39 is 6.04 Å². The summed E-state index contributed by atoms with van der Waals surface area (Å²) in [5.74, 6) is 0.458. The summed E-state index contributed by atoms with van der Waals surface area (Å²) in [6.07, 6.45) is 0. The zero-order valence-electron chi connectivity index (χ0n) is 20.7. The summed E-state index contributed by atoms with van der Waals surface area (Å²) in [6.45, 7) is 2.79. The third-order valence-corrected chi connectivity index (χ3v) is 7.08. The highest BCUT2D eigenvalue weighted by Gasteiger charge is 2.42. The van der Waals surface area contributed by atoms with Crippen molar-refractivity contribution in [2.24, 2.45) is 0 Å². The average Bonchev–Trinajstić information content (AvgIpc) is 3.21. The molecule has 5 aromatic rings. The smallest absolute Gasteiger partial charge is 0.291 e. The fourth-order valence-corrected chi connectivity index (χ4v) is 5.05. The Bertz CT molecular complexity index is 1690. The number of nitrogens with zero attached hydrogens (tertiary/aromatic N) is 1. The highest BCUT2D eigenvalue weighted by atomic mass is 35.5. The molecule has 1 atom stereocenters. The predicted molar refractivity (Wildman–Crippen MR) is 148 cm³/mol. The van der Waals surface area contributed by atoms with Crippen LogP contribution in [0.15, 0.2) is 106 Å². The molecule has 38 heavy (non-hydrogen) atoms. The molecule has 188 valence electrons. The Balaban J connectivity index is 1.40. The van der Waals surface area contributed by atoms with Crippen LogP contribution in [-0.2, 0) is 13.2 Å². The maximum absolute atomic E-state index is 13.7. The Morgan fingerprint density at radius 1 is 0.868 bits per heavy atom. The van der Waals surface area contributed by atoms with Gasteiger partial charge in [0.05, 0.1) is 17.0 Å². The maximum atomic E-state index is 13.7. The number of hydrogen-bond donors (Lipinski definition) is 0. The lowest BCUT2D eigenvalue weighted by atomic mass is 9.98. The van der Waals surface area contributed by atoms with Gasteiger partial charge in [-0.2, -0.15) is 0 Å². The fraction of sp³-hybridized carbons (Fsp3) is 0.125. The van der Waals surface area contributed by atoms with E-state index in [0.29, 0.717) is 40.5 Å². The summed E-state index contributed by atoms with van der Waals surface area (Å²) in [6, 6.07) is 29.7. The summed E-state index contributed by atoms with van der Waals surface area (Å²) in [4.78, 5) is 29.1. The van der Waals surface area contributed by atoms with Crippen LogP contribution >= 0.6 is 11.6 Å². The second kappa shape index (κ2) is 9.84. The Labute approximate surface area is 224 Å². The van der Waals surface area contributed by atoms with Crippen molar-refractivity contribution >= 4 is 28.5 Å². The van der Waals surface area contributed by atoms with Crippen LogP contribution in [-0.4, -0.2) is 10.8 Å². The second-order valence-corrected chi connectivity index (χ2v) is 9.92. The quantitative estimate of drug-likeness (QED) is 0.239. The topological polar surface area (TPSA) is 59.8 Å². The van der Waals surface area contributed by atoms with Gasteiger partial charge in [-0.05, 0) is 53.9 Å². The number of hydrogen-bond acceptors (Lipinski definition) is 4. The lowest BCUT2D eigenvalue weighted by Gasteiger charge is -2.25. The molecular formula is C32H24ClNO4. The number of rotatable bonds is 6. The van der Waals surface area contributed by atoms with Crippen LogP contribution in [0.2, 0.25) is 5.02 Å². The largest absolute Gasteiger partial charge is 0.489 e. The number of benzene rings is 4. The molecule has 2 heterocycles. The second-order valence-electron chi connectivity index (χ2n) is 9.48. The minimum Gasteiger partial charge on any atom is -0.489 e. The standard InChI is InChI=1S/C32H24ClNO4/c1-20-7-9-21(10-8-20)18-34-29(23-11-14-25(15-12-23)37-19-22-5-3-2-4-6-22)28-30(35)26-17-24(33)13-16-27(26)38-31(28)32(34)36/h2-17,29H,18-19H2,1H3. The molecule has 0 fully saturated rings. The van der Waals surface area contributed by atoms with Crippen LogP contribution in [0, 0.1) is 6.92 Å². The van der Waals surface area contributed by atoms with Gasteiger partial charge in [0.1, 0.15) is 17.9 Å². The van der Waals surface area contributed by atoms with Crippen LogP contribution in [0.3, 0.4) is 0 Å². The van der Waals surface area contributed by atoms with Crippen molar-refractivity contribution in [3.05, 3.63) is 146 Å². The van der Waals surface area contributed by atoms with Crippen molar-refractivity contribution in [3.8, 4) is 5.75 Å². The number of aryl methyl sites for hydroxylation is 1. The summed E-state index contributed by atoms with van der Waals surface area (Å²) in [5, 5.41) is 0.788. The van der Waals surface area contributed by atoms with Crippen LogP contribution in [0.4, 0.5) is 0 Å². The molecule has 0 N–H and O–H groups in total. The Morgan fingerprint density at radius 3 is 2.34 bits per heavy atom. The summed E-state index contributed by atoms with van der Waals surface area (Å²) < 4.78 is 12.0. The molecule has 5 nitrogen and oxygen atoms in total. The van der Waals surface area contributed by atoms with Crippen molar-refractivity contribution in [3.63, 3.8) is 0 Å². The molecule has 4 aromatic carbocycles. The van der Waals surface area contributed by atoms with Crippen molar-refractivity contribution in [2.75, 3.05) is 0 Å². The minimum absolute atomic E-state index is 0.0753. The number of carbonyl (C=O) groups is 1. The number of halogens is 1. The third kappa shape index (κ3) is 4.46. The van der Waals surface area contributed by atoms with E-state index in [9.17, 15) is 9.59 Å². The van der Waals surface area contributed by atoms with Crippen molar-refractivity contribution in [1.82, 2.24) is 4.90 Å². The van der Waals surface area contributed by atoms with E-state index in [4.69, 9.17) is 20.8 Å².